The quantitative estimate of drug-likeness (QED) is 0.877. The second-order valence-electron chi connectivity index (χ2n) is 5.65. The van der Waals surface area contributed by atoms with Crippen molar-refractivity contribution in [2.24, 2.45) is 11.8 Å². The molecule has 1 aliphatic rings. The van der Waals surface area contributed by atoms with Crippen LogP contribution in [-0.2, 0) is 11.3 Å². The van der Waals surface area contributed by atoms with Crippen LogP contribution in [0, 0.1) is 11.8 Å². The molecule has 0 aliphatic carbocycles. The number of halogens is 1. The van der Waals surface area contributed by atoms with Crippen LogP contribution in [0.2, 0.25) is 0 Å². The molecule has 1 aliphatic heterocycles. The van der Waals surface area contributed by atoms with E-state index in [1.807, 2.05) is 10.8 Å². The Labute approximate surface area is 126 Å². The van der Waals surface area contributed by atoms with E-state index in [-0.39, 0.29) is 24.2 Å². The molecule has 0 spiro atoms. The topological polar surface area (TPSA) is 59.0 Å². The van der Waals surface area contributed by atoms with Gasteiger partial charge in [0.1, 0.15) is 0 Å². The first kappa shape index (κ1) is 17.0. The van der Waals surface area contributed by atoms with Crippen LogP contribution in [0.5, 0.6) is 0 Å². The monoisotopic (exact) mass is 300 g/mol. The summed E-state index contributed by atoms with van der Waals surface area (Å²) in [6.45, 7) is 8.22. The molecule has 2 N–H and O–H groups in total. The number of rotatable bonds is 5. The van der Waals surface area contributed by atoms with Crippen molar-refractivity contribution in [3.05, 3.63) is 12.4 Å². The number of aromatic nitrogens is 2. The molecular formula is C14H25ClN4O. The highest BCUT2D eigenvalue weighted by molar-refractivity contribution is 5.91. The van der Waals surface area contributed by atoms with Gasteiger partial charge in [-0.1, -0.05) is 20.8 Å². The summed E-state index contributed by atoms with van der Waals surface area (Å²) in [6, 6.07) is 0.300. The average molecular weight is 301 g/mol. The van der Waals surface area contributed by atoms with E-state index in [0.717, 1.165) is 25.9 Å². The van der Waals surface area contributed by atoms with Crippen LogP contribution >= 0.6 is 12.4 Å². The van der Waals surface area contributed by atoms with E-state index in [1.54, 1.807) is 6.20 Å². The first-order chi connectivity index (χ1) is 9.11. The fraction of sp³-hybridized carbons (Fsp3) is 0.714. The van der Waals surface area contributed by atoms with Gasteiger partial charge in [-0.2, -0.15) is 0 Å². The van der Waals surface area contributed by atoms with E-state index in [0.29, 0.717) is 17.9 Å². The molecule has 6 heteroatoms. The van der Waals surface area contributed by atoms with Crippen LogP contribution in [0.4, 0.5) is 5.95 Å². The van der Waals surface area contributed by atoms with Crippen LogP contribution in [0.25, 0.3) is 0 Å². The van der Waals surface area contributed by atoms with Gasteiger partial charge >= 0.3 is 0 Å². The summed E-state index contributed by atoms with van der Waals surface area (Å²) in [6.07, 6.45) is 5.55. The SMILES string of the molecule is CCC1NCCC1C(=O)Nc1nccn1CC(C)C.Cl. The predicted molar refractivity (Wildman–Crippen MR) is 83.1 cm³/mol. The number of nitrogens with one attached hydrogen (secondary N) is 2. The lowest BCUT2D eigenvalue weighted by atomic mass is 9.98. The summed E-state index contributed by atoms with van der Waals surface area (Å²) >= 11 is 0. The minimum absolute atomic E-state index is 0. The van der Waals surface area contributed by atoms with Crippen molar-refractivity contribution in [3.63, 3.8) is 0 Å². The van der Waals surface area contributed by atoms with E-state index >= 15 is 0 Å². The molecule has 1 amide bonds. The molecule has 5 nitrogen and oxygen atoms in total. The normalized spacial score (nSPS) is 21.8. The highest BCUT2D eigenvalue weighted by Crippen LogP contribution is 2.20. The fourth-order valence-corrected chi connectivity index (χ4v) is 2.69. The summed E-state index contributed by atoms with van der Waals surface area (Å²) in [5.41, 5.74) is 0. The Morgan fingerprint density at radius 1 is 1.60 bits per heavy atom. The average Bonchev–Trinajstić information content (AvgIpc) is 2.97. The van der Waals surface area contributed by atoms with Crippen molar-refractivity contribution in [2.75, 3.05) is 11.9 Å². The maximum absolute atomic E-state index is 12.3. The van der Waals surface area contributed by atoms with Gasteiger partial charge in [0, 0.05) is 25.0 Å². The molecule has 1 aromatic heterocycles. The lowest BCUT2D eigenvalue weighted by molar-refractivity contribution is -0.120. The van der Waals surface area contributed by atoms with Gasteiger partial charge in [0.25, 0.3) is 0 Å². The number of imidazole rings is 1. The minimum Gasteiger partial charge on any atom is -0.317 e. The Morgan fingerprint density at radius 2 is 2.35 bits per heavy atom. The maximum atomic E-state index is 12.3. The number of hydrogen-bond donors (Lipinski definition) is 2. The van der Waals surface area contributed by atoms with Crippen molar-refractivity contribution < 1.29 is 4.79 Å². The van der Waals surface area contributed by atoms with Crippen molar-refractivity contribution in [1.82, 2.24) is 14.9 Å². The fourth-order valence-electron chi connectivity index (χ4n) is 2.69. The smallest absolute Gasteiger partial charge is 0.231 e. The summed E-state index contributed by atoms with van der Waals surface area (Å²) < 4.78 is 2.01. The van der Waals surface area contributed by atoms with Gasteiger partial charge < -0.3 is 9.88 Å². The molecule has 2 atom stereocenters. The Kier molecular flexibility index (Phi) is 6.49. The summed E-state index contributed by atoms with van der Waals surface area (Å²) in [5.74, 6) is 1.35. The van der Waals surface area contributed by atoms with Crippen LogP contribution < -0.4 is 10.6 Å². The molecule has 0 aromatic carbocycles. The summed E-state index contributed by atoms with van der Waals surface area (Å²) in [7, 11) is 0. The van der Waals surface area contributed by atoms with Crippen molar-refractivity contribution in [3.8, 4) is 0 Å². The van der Waals surface area contributed by atoms with Crippen LogP contribution in [0.15, 0.2) is 12.4 Å². The zero-order valence-corrected chi connectivity index (χ0v) is 13.2. The van der Waals surface area contributed by atoms with E-state index in [2.05, 4.69) is 36.4 Å². The third-order valence-electron chi connectivity index (χ3n) is 3.64. The molecule has 114 valence electrons. The summed E-state index contributed by atoms with van der Waals surface area (Å²) in [4.78, 5) is 16.6. The zero-order valence-electron chi connectivity index (χ0n) is 12.4. The Bertz CT molecular complexity index is 433. The Balaban J connectivity index is 0.00000200. The maximum Gasteiger partial charge on any atom is 0.231 e. The van der Waals surface area contributed by atoms with Crippen molar-refractivity contribution in [1.29, 1.82) is 0 Å². The lowest BCUT2D eigenvalue weighted by Crippen LogP contribution is -2.34. The van der Waals surface area contributed by atoms with E-state index in [1.165, 1.54) is 0 Å². The first-order valence-electron chi connectivity index (χ1n) is 7.17. The van der Waals surface area contributed by atoms with Gasteiger partial charge in [-0.3, -0.25) is 10.1 Å². The molecule has 0 bridgehead atoms. The molecule has 0 radical (unpaired) electrons. The summed E-state index contributed by atoms with van der Waals surface area (Å²) in [5, 5.41) is 6.35. The standard InChI is InChI=1S/C14H24N4O.ClH/c1-4-12-11(5-6-15-12)13(19)17-14-16-7-8-18(14)9-10(2)3;/h7-8,10-12,15H,4-6,9H2,1-3H3,(H,16,17,19);1H. The van der Waals surface area contributed by atoms with Crippen LogP contribution in [-0.4, -0.2) is 28.0 Å². The number of nitrogens with zero attached hydrogens (tertiary/aromatic N) is 2. The minimum atomic E-state index is 0. The van der Waals surface area contributed by atoms with Gasteiger partial charge in [-0.25, -0.2) is 4.98 Å². The van der Waals surface area contributed by atoms with Gasteiger partial charge in [0.2, 0.25) is 11.9 Å². The molecule has 2 unspecified atom stereocenters. The molecule has 2 heterocycles. The van der Waals surface area contributed by atoms with Gasteiger partial charge in [-0.15, -0.1) is 12.4 Å². The molecule has 20 heavy (non-hydrogen) atoms. The lowest BCUT2D eigenvalue weighted by Gasteiger charge is -2.18. The molecule has 2 rings (SSSR count). The van der Waals surface area contributed by atoms with Gasteiger partial charge in [0.05, 0.1) is 5.92 Å². The number of hydrogen-bond acceptors (Lipinski definition) is 3. The predicted octanol–water partition coefficient (Wildman–Crippen LogP) is 2.29. The Hall–Kier alpha value is -1.07. The Morgan fingerprint density at radius 3 is 3.00 bits per heavy atom. The van der Waals surface area contributed by atoms with Crippen LogP contribution in [0.1, 0.15) is 33.6 Å². The third-order valence-corrected chi connectivity index (χ3v) is 3.64. The van der Waals surface area contributed by atoms with Crippen LogP contribution in [0.3, 0.4) is 0 Å². The largest absolute Gasteiger partial charge is 0.317 e. The second kappa shape index (κ2) is 7.64. The molecular weight excluding hydrogens is 276 g/mol. The van der Waals surface area contributed by atoms with Gasteiger partial charge in [-0.05, 0) is 25.3 Å². The van der Waals surface area contributed by atoms with E-state index in [9.17, 15) is 4.79 Å². The van der Waals surface area contributed by atoms with E-state index < -0.39 is 0 Å². The molecule has 1 saturated heterocycles. The van der Waals surface area contributed by atoms with Gasteiger partial charge in [0.15, 0.2) is 0 Å². The third kappa shape index (κ3) is 3.96. The molecule has 1 fully saturated rings. The molecule has 1 aromatic rings. The second-order valence-corrected chi connectivity index (χ2v) is 5.65. The number of amides is 1. The number of carbonyl (C=O) groups excluding carboxylic acids is 1. The van der Waals surface area contributed by atoms with E-state index in [4.69, 9.17) is 0 Å². The number of carbonyl (C=O) groups is 1. The van der Waals surface area contributed by atoms with Crippen molar-refractivity contribution in [2.45, 2.75) is 46.2 Å². The number of anilines is 1. The highest BCUT2D eigenvalue weighted by Gasteiger charge is 2.31. The highest BCUT2D eigenvalue weighted by atomic mass is 35.5. The first-order valence-corrected chi connectivity index (χ1v) is 7.17. The zero-order chi connectivity index (χ0) is 13.8. The van der Waals surface area contributed by atoms with Crippen molar-refractivity contribution >= 4 is 24.3 Å². The molecule has 0 saturated carbocycles.